The molecule has 1 aliphatic rings. The predicted octanol–water partition coefficient (Wildman–Crippen LogP) is 3.35. The van der Waals surface area contributed by atoms with E-state index < -0.39 is 5.97 Å². The van der Waals surface area contributed by atoms with Crippen molar-refractivity contribution in [1.29, 1.82) is 0 Å². The van der Waals surface area contributed by atoms with Crippen LogP contribution >= 0.6 is 0 Å². The number of carboxylic acid groups (broad SMARTS) is 1. The van der Waals surface area contributed by atoms with E-state index in [4.69, 9.17) is 9.52 Å². The smallest absolute Gasteiger partial charge is 0.371 e. The van der Waals surface area contributed by atoms with Gasteiger partial charge in [-0.1, -0.05) is 19.8 Å². The van der Waals surface area contributed by atoms with E-state index in [0.717, 1.165) is 12.1 Å². The first-order valence-electron chi connectivity index (χ1n) is 7.10. The SMILES string of the molecule is CCC1(CNCc2cc(C(=O)O)oc2C)CCCC1. The van der Waals surface area contributed by atoms with Crippen LogP contribution < -0.4 is 5.32 Å². The highest BCUT2D eigenvalue weighted by molar-refractivity contribution is 5.84. The molecule has 1 heterocycles. The van der Waals surface area contributed by atoms with Crippen molar-refractivity contribution in [1.82, 2.24) is 5.32 Å². The Morgan fingerprint density at radius 2 is 2.16 bits per heavy atom. The minimum atomic E-state index is -1.00. The molecule has 0 aliphatic heterocycles. The number of rotatable bonds is 6. The summed E-state index contributed by atoms with van der Waals surface area (Å²) >= 11 is 0. The molecule has 4 heteroatoms. The van der Waals surface area contributed by atoms with Crippen LogP contribution in [0.15, 0.2) is 10.5 Å². The Bertz CT molecular complexity index is 444. The van der Waals surface area contributed by atoms with E-state index in [2.05, 4.69) is 12.2 Å². The summed E-state index contributed by atoms with van der Waals surface area (Å²) in [4.78, 5) is 10.8. The lowest BCUT2D eigenvalue weighted by atomic mass is 9.83. The Labute approximate surface area is 114 Å². The van der Waals surface area contributed by atoms with E-state index in [9.17, 15) is 4.79 Å². The second-order valence-corrected chi connectivity index (χ2v) is 5.66. The molecule has 0 amide bonds. The fraction of sp³-hybridized carbons (Fsp3) is 0.667. The predicted molar refractivity (Wildman–Crippen MR) is 73.3 cm³/mol. The molecule has 2 rings (SSSR count). The molecule has 1 aliphatic carbocycles. The molecule has 2 N–H and O–H groups in total. The van der Waals surface area contributed by atoms with Crippen molar-refractivity contribution in [3.05, 3.63) is 23.2 Å². The third kappa shape index (κ3) is 3.18. The van der Waals surface area contributed by atoms with E-state index in [1.807, 2.05) is 6.92 Å². The number of aryl methyl sites for hydroxylation is 1. The molecular weight excluding hydrogens is 242 g/mol. The summed E-state index contributed by atoms with van der Waals surface area (Å²) in [5.74, 6) is -0.280. The zero-order valence-corrected chi connectivity index (χ0v) is 11.8. The molecular formula is C15H23NO3. The van der Waals surface area contributed by atoms with Gasteiger partial charge in [-0.25, -0.2) is 4.79 Å². The van der Waals surface area contributed by atoms with Gasteiger partial charge in [0.2, 0.25) is 5.76 Å². The Kier molecular flexibility index (Phi) is 4.30. The van der Waals surface area contributed by atoms with Crippen LogP contribution in [0, 0.1) is 12.3 Å². The summed E-state index contributed by atoms with van der Waals surface area (Å²) in [6.45, 7) is 5.77. The zero-order chi connectivity index (χ0) is 13.9. The van der Waals surface area contributed by atoms with Crippen LogP contribution in [-0.4, -0.2) is 17.6 Å². The van der Waals surface area contributed by atoms with Crippen molar-refractivity contribution < 1.29 is 14.3 Å². The van der Waals surface area contributed by atoms with E-state index in [1.165, 1.54) is 32.1 Å². The Morgan fingerprint density at radius 1 is 1.47 bits per heavy atom. The molecule has 0 unspecified atom stereocenters. The number of hydrogen-bond donors (Lipinski definition) is 2. The molecule has 0 bridgehead atoms. The van der Waals surface area contributed by atoms with E-state index >= 15 is 0 Å². The average Bonchev–Trinajstić information content (AvgIpc) is 2.98. The minimum absolute atomic E-state index is 0.0281. The van der Waals surface area contributed by atoms with Gasteiger partial charge in [-0.3, -0.25) is 0 Å². The normalized spacial score (nSPS) is 17.8. The molecule has 106 valence electrons. The maximum Gasteiger partial charge on any atom is 0.371 e. The molecule has 1 fully saturated rings. The maximum atomic E-state index is 10.8. The van der Waals surface area contributed by atoms with Crippen LogP contribution in [0.2, 0.25) is 0 Å². The molecule has 0 radical (unpaired) electrons. The van der Waals surface area contributed by atoms with Crippen LogP contribution in [-0.2, 0) is 6.54 Å². The lowest BCUT2D eigenvalue weighted by Crippen LogP contribution is -2.31. The number of carboxylic acids is 1. The molecule has 1 saturated carbocycles. The summed E-state index contributed by atoms with van der Waals surface area (Å²) in [5.41, 5.74) is 1.40. The highest BCUT2D eigenvalue weighted by atomic mass is 16.4. The fourth-order valence-electron chi connectivity index (χ4n) is 3.04. The van der Waals surface area contributed by atoms with Gasteiger partial charge in [0, 0.05) is 18.7 Å². The number of carbonyl (C=O) groups is 1. The van der Waals surface area contributed by atoms with Crippen molar-refractivity contribution in [2.75, 3.05) is 6.54 Å². The topological polar surface area (TPSA) is 62.5 Å². The highest BCUT2D eigenvalue weighted by Gasteiger charge is 2.31. The first-order chi connectivity index (χ1) is 9.06. The van der Waals surface area contributed by atoms with Gasteiger partial charge in [0.15, 0.2) is 0 Å². The molecule has 4 nitrogen and oxygen atoms in total. The maximum absolute atomic E-state index is 10.8. The van der Waals surface area contributed by atoms with E-state index in [1.54, 1.807) is 6.07 Å². The van der Waals surface area contributed by atoms with Crippen LogP contribution in [0.25, 0.3) is 0 Å². The summed E-state index contributed by atoms with van der Waals surface area (Å²) < 4.78 is 5.21. The standard InChI is InChI=1S/C15H23NO3/c1-3-15(6-4-5-7-15)10-16-9-12-8-13(14(17)18)19-11(12)2/h8,16H,3-7,9-10H2,1-2H3,(H,17,18). The first-order valence-corrected chi connectivity index (χ1v) is 7.10. The molecule has 19 heavy (non-hydrogen) atoms. The van der Waals surface area contributed by atoms with Gasteiger partial charge in [0.05, 0.1) is 0 Å². The monoisotopic (exact) mass is 265 g/mol. The summed E-state index contributed by atoms with van der Waals surface area (Å²) in [6.07, 6.45) is 6.50. The minimum Gasteiger partial charge on any atom is -0.475 e. The molecule has 0 saturated heterocycles. The lowest BCUT2D eigenvalue weighted by molar-refractivity contribution is 0.0661. The third-order valence-corrected chi connectivity index (χ3v) is 4.46. The van der Waals surface area contributed by atoms with Gasteiger partial charge in [0.25, 0.3) is 0 Å². The van der Waals surface area contributed by atoms with Crippen molar-refractivity contribution >= 4 is 5.97 Å². The lowest BCUT2D eigenvalue weighted by Gasteiger charge is -2.27. The summed E-state index contributed by atoms with van der Waals surface area (Å²) in [6, 6.07) is 1.62. The zero-order valence-electron chi connectivity index (χ0n) is 11.8. The first kappa shape index (κ1) is 14.1. The number of aromatic carboxylic acids is 1. The van der Waals surface area contributed by atoms with Crippen LogP contribution in [0.3, 0.4) is 0 Å². The second kappa shape index (κ2) is 5.78. The van der Waals surface area contributed by atoms with Crippen molar-refractivity contribution in [3.63, 3.8) is 0 Å². The number of hydrogen-bond acceptors (Lipinski definition) is 3. The summed E-state index contributed by atoms with van der Waals surface area (Å²) in [5, 5.41) is 12.4. The van der Waals surface area contributed by atoms with Crippen LogP contribution in [0.4, 0.5) is 0 Å². The Morgan fingerprint density at radius 3 is 2.68 bits per heavy atom. The number of furan rings is 1. The van der Waals surface area contributed by atoms with Crippen molar-refractivity contribution in [2.45, 2.75) is 52.5 Å². The highest BCUT2D eigenvalue weighted by Crippen LogP contribution is 2.40. The third-order valence-electron chi connectivity index (χ3n) is 4.46. The quantitative estimate of drug-likeness (QED) is 0.828. The van der Waals surface area contributed by atoms with E-state index in [-0.39, 0.29) is 5.76 Å². The van der Waals surface area contributed by atoms with Gasteiger partial charge in [-0.2, -0.15) is 0 Å². The molecule has 0 spiro atoms. The van der Waals surface area contributed by atoms with Crippen LogP contribution in [0.1, 0.15) is 60.9 Å². The van der Waals surface area contributed by atoms with Gasteiger partial charge in [-0.05, 0) is 37.7 Å². The fourth-order valence-corrected chi connectivity index (χ4v) is 3.04. The molecule has 0 atom stereocenters. The summed E-state index contributed by atoms with van der Waals surface area (Å²) in [7, 11) is 0. The van der Waals surface area contributed by atoms with E-state index in [0.29, 0.717) is 17.7 Å². The van der Waals surface area contributed by atoms with Crippen molar-refractivity contribution in [3.8, 4) is 0 Å². The van der Waals surface area contributed by atoms with Gasteiger partial charge in [0.1, 0.15) is 5.76 Å². The Hall–Kier alpha value is -1.29. The largest absolute Gasteiger partial charge is 0.475 e. The number of nitrogens with one attached hydrogen (secondary N) is 1. The molecule has 1 aromatic heterocycles. The van der Waals surface area contributed by atoms with Crippen molar-refractivity contribution in [2.24, 2.45) is 5.41 Å². The Balaban J connectivity index is 1.90. The van der Waals surface area contributed by atoms with Gasteiger partial charge < -0.3 is 14.8 Å². The average molecular weight is 265 g/mol. The molecule has 0 aromatic carbocycles. The second-order valence-electron chi connectivity index (χ2n) is 5.66. The molecule has 1 aromatic rings. The van der Waals surface area contributed by atoms with Gasteiger partial charge >= 0.3 is 5.97 Å². The van der Waals surface area contributed by atoms with Crippen LogP contribution in [0.5, 0.6) is 0 Å². The van der Waals surface area contributed by atoms with Gasteiger partial charge in [-0.15, -0.1) is 0 Å².